The number of aliphatic hydroxyl groups is 1. The molecule has 2 saturated heterocycles. The van der Waals surface area contributed by atoms with Crippen molar-refractivity contribution >= 4 is 10.0 Å². The lowest BCUT2D eigenvalue weighted by Gasteiger charge is -2.25. The highest BCUT2D eigenvalue weighted by molar-refractivity contribution is 7.90. The van der Waals surface area contributed by atoms with Crippen molar-refractivity contribution in [3.63, 3.8) is 0 Å². The van der Waals surface area contributed by atoms with Crippen molar-refractivity contribution < 1.29 is 32.9 Å². The van der Waals surface area contributed by atoms with Crippen LogP contribution in [0.25, 0.3) is 0 Å². The van der Waals surface area contributed by atoms with Gasteiger partial charge in [-0.15, -0.1) is 10.1 Å². The Kier molecular flexibility index (Phi) is 3.19. The number of hydrogen-bond donors (Lipinski definition) is 2. The maximum absolute atomic E-state index is 11.7. The van der Waals surface area contributed by atoms with E-state index in [9.17, 15) is 23.6 Å². The van der Waals surface area contributed by atoms with E-state index >= 15 is 0 Å². The van der Waals surface area contributed by atoms with Gasteiger partial charge in [-0.25, -0.2) is 13.1 Å². The normalized spacial score (nSPS) is 39.6. The van der Waals surface area contributed by atoms with Crippen molar-refractivity contribution in [2.45, 2.75) is 23.2 Å². The fraction of sp³-hybridized carbons (Fsp3) is 1.00. The number of sulfonamides is 1. The smallest absolute Gasteiger partial charge is 0.294 e. The van der Waals surface area contributed by atoms with Crippen LogP contribution in [0.4, 0.5) is 0 Å². The molecule has 0 aliphatic carbocycles. The van der Waals surface area contributed by atoms with Crippen LogP contribution < -0.4 is 4.72 Å². The monoisotopic (exact) mass is 284 g/mol. The van der Waals surface area contributed by atoms with Crippen LogP contribution in [0, 0.1) is 10.1 Å². The summed E-state index contributed by atoms with van der Waals surface area (Å²) in [5.41, 5.74) is 0. The van der Waals surface area contributed by atoms with Crippen LogP contribution in [0.5, 0.6) is 0 Å². The van der Waals surface area contributed by atoms with Gasteiger partial charge < -0.3 is 19.4 Å². The van der Waals surface area contributed by atoms with Crippen molar-refractivity contribution in [1.82, 2.24) is 4.72 Å². The predicted molar refractivity (Wildman–Crippen MR) is 54.3 cm³/mol. The van der Waals surface area contributed by atoms with Gasteiger partial charge in [0, 0.05) is 0 Å². The molecule has 0 aromatic carbocycles. The van der Waals surface area contributed by atoms with E-state index < -0.39 is 45.0 Å². The summed E-state index contributed by atoms with van der Waals surface area (Å²) in [6.45, 7) is -0.763. The molecule has 2 aliphatic rings. The molecule has 18 heavy (non-hydrogen) atoms. The summed E-state index contributed by atoms with van der Waals surface area (Å²) in [6, 6.07) is 0. The lowest BCUT2D eigenvalue weighted by molar-refractivity contribution is -0.769. The van der Waals surface area contributed by atoms with Gasteiger partial charge in [0.1, 0.15) is 12.2 Å². The number of hydrogen-bond acceptors (Lipinski definition) is 8. The summed E-state index contributed by atoms with van der Waals surface area (Å²) < 4.78 is 35.5. The molecule has 104 valence electrons. The maximum atomic E-state index is 11.7. The lowest BCUT2D eigenvalue weighted by Crippen LogP contribution is -2.54. The van der Waals surface area contributed by atoms with Gasteiger partial charge in [0.05, 0.1) is 13.2 Å². The summed E-state index contributed by atoms with van der Waals surface area (Å²) in [6.07, 6.45) is -3.27. The second-order valence-corrected chi connectivity index (χ2v) is 6.07. The minimum atomic E-state index is -4.07. The molecule has 2 aliphatic heterocycles. The van der Waals surface area contributed by atoms with Crippen molar-refractivity contribution in [2.24, 2.45) is 0 Å². The fourth-order valence-corrected chi connectivity index (χ4v) is 3.16. The standard InChI is InChI=1S/C7H12N2O8S/c1-8-18(13,14)7(10)3-16-5-4(17-9(11)12)2-15-6(5)7/h4-6,8,10H,2-3H2,1H3/t4-,5-,6+,7-/m1/s1. The van der Waals surface area contributed by atoms with Gasteiger partial charge in [-0.3, -0.25) is 0 Å². The van der Waals surface area contributed by atoms with Crippen molar-refractivity contribution in [3.8, 4) is 0 Å². The highest BCUT2D eigenvalue weighted by Gasteiger charge is 2.63. The average Bonchev–Trinajstić information content (AvgIpc) is 2.82. The molecule has 0 bridgehead atoms. The van der Waals surface area contributed by atoms with Crippen LogP contribution >= 0.6 is 0 Å². The number of ether oxygens (including phenoxy) is 2. The Labute approximate surface area is 102 Å². The Morgan fingerprint density at radius 2 is 2.22 bits per heavy atom. The molecule has 2 rings (SSSR count). The van der Waals surface area contributed by atoms with Gasteiger partial charge in [0.25, 0.3) is 5.09 Å². The van der Waals surface area contributed by atoms with Crippen LogP contribution in [0.3, 0.4) is 0 Å². The SMILES string of the molecule is CNS(=O)(=O)[C@]1(O)CO[C@@H]2[C@H](O[N+](=O)[O-])CO[C@@H]21. The molecule has 2 N–H and O–H groups in total. The van der Waals surface area contributed by atoms with Crippen molar-refractivity contribution in [1.29, 1.82) is 0 Å². The third-order valence-electron chi connectivity index (χ3n) is 2.99. The van der Waals surface area contributed by atoms with Crippen LogP contribution in [-0.2, 0) is 24.3 Å². The summed E-state index contributed by atoms with van der Waals surface area (Å²) in [5, 5.41) is 19.3. The molecule has 4 atom stereocenters. The molecule has 0 unspecified atom stereocenters. The van der Waals surface area contributed by atoms with E-state index in [0.717, 1.165) is 7.05 Å². The summed E-state index contributed by atoms with van der Waals surface area (Å²) in [5.74, 6) is 0. The van der Waals surface area contributed by atoms with Crippen LogP contribution in [0.2, 0.25) is 0 Å². The van der Waals surface area contributed by atoms with E-state index in [2.05, 4.69) is 4.84 Å². The number of rotatable bonds is 4. The molecule has 0 amide bonds. The topological polar surface area (TPSA) is 137 Å². The third-order valence-corrected chi connectivity index (χ3v) is 4.81. The van der Waals surface area contributed by atoms with Gasteiger partial charge in [0.15, 0.2) is 6.10 Å². The minimum absolute atomic E-state index is 0.224. The Morgan fingerprint density at radius 1 is 1.56 bits per heavy atom. The van der Waals surface area contributed by atoms with Crippen LogP contribution in [0.1, 0.15) is 0 Å². The Bertz CT molecular complexity index is 452. The van der Waals surface area contributed by atoms with E-state index in [0.29, 0.717) is 0 Å². The molecular formula is C7H12N2O8S. The van der Waals surface area contributed by atoms with Gasteiger partial charge in [-0.1, -0.05) is 0 Å². The zero-order chi connectivity index (χ0) is 13.6. The van der Waals surface area contributed by atoms with Gasteiger partial charge >= 0.3 is 0 Å². The first-order valence-corrected chi connectivity index (χ1v) is 6.50. The number of nitrogens with one attached hydrogen (secondary N) is 1. The molecule has 2 heterocycles. The molecule has 2 fully saturated rings. The van der Waals surface area contributed by atoms with E-state index in [1.54, 1.807) is 0 Å². The molecular weight excluding hydrogens is 272 g/mol. The Balaban J connectivity index is 2.21. The van der Waals surface area contributed by atoms with Gasteiger partial charge in [0.2, 0.25) is 15.0 Å². The zero-order valence-electron chi connectivity index (χ0n) is 9.31. The first-order chi connectivity index (χ1) is 8.32. The van der Waals surface area contributed by atoms with Crippen molar-refractivity contribution in [2.75, 3.05) is 20.3 Å². The fourth-order valence-electron chi connectivity index (χ4n) is 2.07. The number of fused-ring (bicyclic) bond motifs is 1. The first-order valence-electron chi connectivity index (χ1n) is 5.01. The second-order valence-electron chi connectivity index (χ2n) is 3.95. The maximum Gasteiger partial charge on any atom is 0.294 e. The molecule has 0 aromatic heterocycles. The largest absolute Gasteiger partial charge is 0.369 e. The average molecular weight is 284 g/mol. The highest BCUT2D eigenvalue weighted by Crippen LogP contribution is 2.38. The van der Waals surface area contributed by atoms with E-state index in [4.69, 9.17) is 9.47 Å². The van der Waals surface area contributed by atoms with E-state index in [1.165, 1.54) is 0 Å². The quantitative estimate of drug-likeness (QED) is 0.430. The highest BCUT2D eigenvalue weighted by atomic mass is 32.2. The van der Waals surface area contributed by atoms with Crippen LogP contribution in [-0.4, -0.2) is 62.1 Å². The lowest BCUT2D eigenvalue weighted by atomic mass is 10.1. The molecule has 0 saturated carbocycles. The summed E-state index contributed by atoms with van der Waals surface area (Å²) in [4.78, 5) is 12.3. The Hall–Kier alpha value is -1.01. The van der Waals surface area contributed by atoms with E-state index in [-0.39, 0.29) is 6.61 Å². The van der Waals surface area contributed by atoms with Gasteiger partial charge in [-0.05, 0) is 7.05 Å². The molecule has 0 spiro atoms. The zero-order valence-corrected chi connectivity index (χ0v) is 10.1. The Morgan fingerprint density at radius 3 is 2.78 bits per heavy atom. The molecule has 0 radical (unpaired) electrons. The second kappa shape index (κ2) is 4.28. The molecule has 10 nitrogen and oxygen atoms in total. The van der Waals surface area contributed by atoms with Crippen molar-refractivity contribution in [3.05, 3.63) is 10.1 Å². The van der Waals surface area contributed by atoms with Crippen LogP contribution in [0.15, 0.2) is 0 Å². The summed E-state index contributed by atoms with van der Waals surface area (Å²) in [7, 11) is -2.93. The first kappa shape index (κ1) is 13.4. The minimum Gasteiger partial charge on any atom is -0.369 e. The predicted octanol–water partition coefficient (Wildman–Crippen LogP) is -2.40. The number of nitrogens with zero attached hydrogens (tertiary/aromatic N) is 1. The summed E-state index contributed by atoms with van der Waals surface area (Å²) >= 11 is 0. The third kappa shape index (κ3) is 1.83. The van der Waals surface area contributed by atoms with Gasteiger partial charge in [-0.2, -0.15) is 0 Å². The van der Waals surface area contributed by atoms with E-state index in [1.807, 2.05) is 4.72 Å². The molecule has 11 heteroatoms. The molecule has 0 aromatic rings.